The molecule has 3 aromatic carbocycles. The van der Waals surface area contributed by atoms with Gasteiger partial charge in [-0.15, -0.1) is 0 Å². The number of ether oxygens (including phenoxy) is 1. The topological polar surface area (TPSA) is 46.6 Å². The maximum atomic E-state index is 13.1. The average Bonchev–Trinajstić information content (AvgIpc) is 3.11. The summed E-state index contributed by atoms with van der Waals surface area (Å²) in [5.41, 5.74) is 7.31. The minimum atomic E-state index is -0.365. The number of likely N-dealkylation sites (tertiary alicyclic amines) is 1. The number of carbonyl (C=O) groups is 2. The van der Waals surface area contributed by atoms with Crippen molar-refractivity contribution in [2.75, 3.05) is 33.4 Å². The van der Waals surface area contributed by atoms with Crippen molar-refractivity contribution < 1.29 is 18.7 Å². The van der Waals surface area contributed by atoms with E-state index in [0.717, 1.165) is 52.7 Å². The lowest BCUT2D eigenvalue weighted by Gasteiger charge is -2.38. The number of alkyl halides is 1. The summed E-state index contributed by atoms with van der Waals surface area (Å²) in [6, 6.07) is 19.0. The van der Waals surface area contributed by atoms with Crippen LogP contribution in [0, 0.1) is 5.92 Å². The van der Waals surface area contributed by atoms with Gasteiger partial charge in [-0.3, -0.25) is 9.18 Å². The molecule has 1 fully saturated rings. The summed E-state index contributed by atoms with van der Waals surface area (Å²) in [7, 11) is 1.38. The number of rotatable bonds is 8. The second kappa shape index (κ2) is 12.0. The molecular formula is C32H30Cl2FNO3. The molecule has 0 bridgehead atoms. The zero-order valence-electron chi connectivity index (χ0n) is 21.8. The molecule has 3 aromatic rings. The second-order valence-electron chi connectivity index (χ2n) is 10.1. The van der Waals surface area contributed by atoms with Gasteiger partial charge in [0, 0.05) is 41.2 Å². The highest BCUT2D eigenvalue weighted by molar-refractivity contribution is 6.36. The monoisotopic (exact) mass is 565 g/mol. The smallest absolute Gasteiger partial charge is 0.337 e. The molecule has 0 amide bonds. The molecule has 1 aliphatic carbocycles. The minimum Gasteiger partial charge on any atom is -0.465 e. The van der Waals surface area contributed by atoms with Gasteiger partial charge in [-0.2, -0.15) is 0 Å². The van der Waals surface area contributed by atoms with Crippen LogP contribution in [0.4, 0.5) is 4.39 Å². The highest BCUT2D eigenvalue weighted by Gasteiger charge is 2.32. The van der Waals surface area contributed by atoms with Gasteiger partial charge >= 0.3 is 5.97 Å². The van der Waals surface area contributed by atoms with E-state index in [4.69, 9.17) is 27.9 Å². The van der Waals surface area contributed by atoms with Crippen molar-refractivity contribution in [3.63, 3.8) is 0 Å². The third-order valence-corrected chi connectivity index (χ3v) is 8.17. The van der Waals surface area contributed by atoms with Gasteiger partial charge in [0.05, 0.1) is 19.3 Å². The molecule has 39 heavy (non-hydrogen) atoms. The molecule has 4 nitrogen and oxygen atoms in total. The maximum absolute atomic E-state index is 13.1. The standard InChI is InChI=1S/C32H30Cl2FNO3/c1-39-32(38)23-10-12-26-22(16-23)4-2-5-28(27-13-11-25(33)17-29(27)34)30(26)20-6-8-21(9-7-20)31(37)24-18-36(19-24)15-3-14-35/h6-13,16-17,24H,2-5,14-15,18-19H2,1H3. The summed E-state index contributed by atoms with van der Waals surface area (Å²) in [6.07, 6.45) is 2.98. The molecule has 0 N–H and O–H groups in total. The molecule has 7 heteroatoms. The summed E-state index contributed by atoms with van der Waals surface area (Å²) < 4.78 is 17.4. The maximum Gasteiger partial charge on any atom is 0.337 e. The van der Waals surface area contributed by atoms with Crippen LogP contribution in [0.1, 0.15) is 62.2 Å². The summed E-state index contributed by atoms with van der Waals surface area (Å²) in [4.78, 5) is 27.5. The number of nitrogens with zero attached hydrogens (tertiary/aromatic N) is 1. The van der Waals surface area contributed by atoms with Crippen LogP contribution < -0.4 is 0 Å². The van der Waals surface area contributed by atoms with Crippen molar-refractivity contribution in [2.24, 2.45) is 5.92 Å². The van der Waals surface area contributed by atoms with Gasteiger partial charge in [-0.05, 0) is 83.3 Å². The highest BCUT2D eigenvalue weighted by Crippen LogP contribution is 2.42. The second-order valence-corrected chi connectivity index (χ2v) is 11.0. The molecule has 0 spiro atoms. The molecule has 2 aliphatic rings. The Hall–Kier alpha value is -2.99. The molecule has 0 atom stereocenters. The summed E-state index contributed by atoms with van der Waals surface area (Å²) in [5.74, 6) is -0.291. The van der Waals surface area contributed by atoms with Crippen molar-refractivity contribution in [3.8, 4) is 0 Å². The number of hydrogen-bond donors (Lipinski definition) is 0. The SMILES string of the molecule is COC(=O)c1ccc2c(c1)CCCC(c1ccc(Cl)cc1Cl)=C2c1ccc(C(=O)C2CN(CCCF)C2)cc1. The third-order valence-electron chi connectivity index (χ3n) is 7.62. The molecule has 1 aliphatic heterocycles. The number of allylic oxidation sites excluding steroid dienone is 1. The summed E-state index contributed by atoms with van der Waals surface area (Å²) >= 11 is 12.9. The lowest BCUT2D eigenvalue weighted by Crippen LogP contribution is -2.50. The molecule has 0 saturated carbocycles. The third kappa shape index (κ3) is 5.81. The van der Waals surface area contributed by atoms with Crippen LogP contribution in [0.5, 0.6) is 0 Å². The van der Waals surface area contributed by atoms with E-state index in [9.17, 15) is 14.0 Å². The Morgan fingerprint density at radius 3 is 2.36 bits per heavy atom. The Morgan fingerprint density at radius 2 is 1.67 bits per heavy atom. The summed E-state index contributed by atoms with van der Waals surface area (Å²) in [6.45, 7) is 1.73. The molecule has 0 aromatic heterocycles. The first kappa shape index (κ1) is 27.6. The lowest BCUT2D eigenvalue weighted by atomic mass is 9.85. The number of aryl methyl sites for hydroxylation is 1. The van der Waals surface area contributed by atoms with Crippen LogP contribution in [0.2, 0.25) is 10.0 Å². The molecule has 0 unspecified atom stereocenters. The molecule has 1 saturated heterocycles. The fraction of sp³-hybridized carbons (Fsp3) is 0.312. The Kier molecular flexibility index (Phi) is 8.51. The number of esters is 1. The van der Waals surface area contributed by atoms with Crippen molar-refractivity contribution in [2.45, 2.75) is 25.7 Å². The van der Waals surface area contributed by atoms with Crippen LogP contribution >= 0.6 is 23.2 Å². The number of methoxy groups -OCH3 is 1. The fourth-order valence-corrected chi connectivity index (χ4v) is 6.13. The minimum absolute atomic E-state index is 0.0477. The first-order valence-electron chi connectivity index (χ1n) is 13.2. The van der Waals surface area contributed by atoms with E-state index in [-0.39, 0.29) is 24.3 Å². The predicted molar refractivity (Wildman–Crippen MR) is 154 cm³/mol. The molecule has 5 rings (SSSR count). The van der Waals surface area contributed by atoms with Crippen molar-refractivity contribution >= 4 is 46.1 Å². The van der Waals surface area contributed by atoms with E-state index in [2.05, 4.69) is 4.90 Å². The average molecular weight is 567 g/mol. The van der Waals surface area contributed by atoms with E-state index in [1.165, 1.54) is 7.11 Å². The largest absolute Gasteiger partial charge is 0.465 e. The number of Topliss-reactive ketones (excluding diaryl/α,β-unsaturated/α-hetero) is 1. The zero-order chi connectivity index (χ0) is 27.5. The Labute approximate surface area is 238 Å². The number of carbonyl (C=O) groups excluding carboxylic acids is 2. The van der Waals surface area contributed by atoms with Crippen LogP contribution in [0.3, 0.4) is 0 Å². The quantitative estimate of drug-likeness (QED) is 0.209. The molecule has 202 valence electrons. The molecular weight excluding hydrogens is 536 g/mol. The Balaban J connectivity index is 1.54. The van der Waals surface area contributed by atoms with Gasteiger partial charge in [-0.1, -0.05) is 59.6 Å². The number of hydrogen-bond acceptors (Lipinski definition) is 4. The first-order valence-corrected chi connectivity index (χ1v) is 14.0. The number of ketones is 1. The van der Waals surface area contributed by atoms with Crippen LogP contribution in [-0.2, 0) is 11.2 Å². The normalized spacial score (nSPS) is 15.9. The Morgan fingerprint density at radius 1 is 0.949 bits per heavy atom. The predicted octanol–water partition coefficient (Wildman–Crippen LogP) is 7.55. The van der Waals surface area contributed by atoms with Gasteiger partial charge in [0.25, 0.3) is 0 Å². The van der Waals surface area contributed by atoms with E-state index in [1.807, 2.05) is 48.5 Å². The van der Waals surface area contributed by atoms with Gasteiger partial charge in [-0.25, -0.2) is 4.79 Å². The van der Waals surface area contributed by atoms with Crippen LogP contribution in [0.15, 0.2) is 60.7 Å². The fourth-order valence-electron chi connectivity index (χ4n) is 5.60. The number of halogens is 3. The first-order chi connectivity index (χ1) is 18.9. The number of fused-ring (bicyclic) bond motifs is 1. The Bertz CT molecular complexity index is 1430. The van der Waals surface area contributed by atoms with Crippen molar-refractivity contribution in [1.29, 1.82) is 0 Å². The lowest BCUT2D eigenvalue weighted by molar-refractivity contribution is 0.0597. The van der Waals surface area contributed by atoms with E-state index < -0.39 is 0 Å². The molecule has 1 heterocycles. The van der Waals surface area contributed by atoms with Crippen LogP contribution in [0.25, 0.3) is 11.1 Å². The van der Waals surface area contributed by atoms with Gasteiger partial charge in [0.1, 0.15) is 0 Å². The van der Waals surface area contributed by atoms with Crippen molar-refractivity contribution in [1.82, 2.24) is 4.90 Å². The van der Waals surface area contributed by atoms with E-state index in [1.54, 1.807) is 12.1 Å². The molecule has 0 radical (unpaired) electrons. The zero-order valence-corrected chi connectivity index (χ0v) is 23.3. The highest BCUT2D eigenvalue weighted by atomic mass is 35.5. The van der Waals surface area contributed by atoms with Gasteiger partial charge in [0.2, 0.25) is 0 Å². The van der Waals surface area contributed by atoms with Gasteiger partial charge < -0.3 is 9.64 Å². The van der Waals surface area contributed by atoms with Crippen LogP contribution in [-0.4, -0.2) is 50.1 Å². The summed E-state index contributed by atoms with van der Waals surface area (Å²) in [5, 5.41) is 1.16. The number of benzene rings is 3. The van der Waals surface area contributed by atoms with E-state index in [0.29, 0.717) is 47.2 Å². The van der Waals surface area contributed by atoms with Gasteiger partial charge in [0.15, 0.2) is 5.78 Å². The van der Waals surface area contributed by atoms with Crippen molar-refractivity contribution in [3.05, 3.63) is 104 Å². The van der Waals surface area contributed by atoms with E-state index >= 15 is 0 Å².